The van der Waals surface area contributed by atoms with E-state index in [1.54, 1.807) is 62.8 Å². The van der Waals surface area contributed by atoms with Crippen molar-refractivity contribution in [3.8, 4) is 11.5 Å². The molecule has 2 N–H and O–H groups in total. The minimum Gasteiger partial charge on any atom is -0.497 e. The van der Waals surface area contributed by atoms with E-state index in [9.17, 15) is 14.4 Å². The molecule has 0 saturated carbocycles. The van der Waals surface area contributed by atoms with Crippen LogP contribution in [0.3, 0.4) is 0 Å². The maximum atomic E-state index is 13.1. The maximum absolute atomic E-state index is 13.1. The van der Waals surface area contributed by atoms with E-state index >= 15 is 0 Å². The first-order valence-electron chi connectivity index (χ1n) is 8.94. The molecule has 0 fully saturated rings. The average Bonchev–Trinajstić information content (AvgIpc) is 2.73. The van der Waals surface area contributed by atoms with Crippen LogP contribution in [-0.4, -0.2) is 50.4 Å². The number of benzene rings is 2. The van der Waals surface area contributed by atoms with Gasteiger partial charge in [0, 0.05) is 19.7 Å². The van der Waals surface area contributed by atoms with Crippen LogP contribution in [0.15, 0.2) is 48.5 Å². The van der Waals surface area contributed by atoms with Gasteiger partial charge in [0.25, 0.3) is 5.91 Å². The Morgan fingerprint density at radius 2 is 1.45 bits per heavy atom. The number of hydrogen-bond donors (Lipinski definition) is 2. The maximum Gasteiger partial charge on any atom is 0.251 e. The molecular weight excluding hydrogens is 374 g/mol. The lowest BCUT2D eigenvalue weighted by atomic mass is 10.0. The molecule has 154 valence electrons. The minimum absolute atomic E-state index is 0.200. The van der Waals surface area contributed by atoms with E-state index < -0.39 is 11.9 Å². The van der Waals surface area contributed by atoms with Gasteiger partial charge in [-0.05, 0) is 42.0 Å². The number of methoxy groups -OCH3 is 2. The highest BCUT2D eigenvalue weighted by atomic mass is 16.5. The predicted octanol–water partition coefficient (Wildman–Crippen LogP) is 1.98. The van der Waals surface area contributed by atoms with Crippen molar-refractivity contribution in [3.63, 3.8) is 0 Å². The summed E-state index contributed by atoms with van der Waals surface area (Å²) in [5, 5.41) is 5.27. The molecule has 0 heterocycles. The molecule has 0 spiro atoms. The van der Waals surface area contributed by atoms with Crippen LogP contribution < -0.4 is 20.1 Å². The number of likely N-dealkylation sites (N-methyl/N-ethyl adjacent to an activating group) is 1. The van der Waals surface area contributed by atoms with Gasteiger partial charge in [-0.25, -0.2) is 0 Å². The summed E-state index contributed by atoms with van der Waals surface area (Å²) in [4.78, 5) is 38.0. The number of nitrogens with one attached hydrogen (secondary N) is 2. The van der Waals surface area contributed by atoms with Gasteiger partial charge in [-0.3, -0.25) is 14.4 Å². The molecule has 2 aromatic carbocycles. The first kappa shape index (κ1) is 21.7. The number of rotatable bonds is 8. The average molecular weight is 399 g/mol. The lowest BCUT2D eigenvalue weighted by Gasteiger charge is -2.28. The van der Waals surface area contributed by atoms with E-state index in [1.165, 1.54) is 18.9 Å². The zero-order chi connectivity index (χ0) is 21.4. The van der Waals surface area contributed by atoms with E-state index in [0.717, 1.165) is 0 Å². The fraction of sp³-hybridized carbons (Fsp3) is 0.286. The lowest BCUT2D eigenvalue weighted by molar-refractivity contribution is -0.137. The second-order valence-electron chi connectivity index (χ2n) is 6.31. The van der Waals surface area contributed by atoms with Crippen molar-refractivity contribution in [2.24, 2.45) is 0 Å². The Bertz CT molecular complexity index is 850. The van der Waals surface area contributed by atoms with Crippen molar-refractivity contribution in [1.29, 1.82) is 0 Å². The second kappa shape index (κ2) is 10.1. The number of anilines is 1. The van der Waals surface area contributed by atoms with Gasteiger partial charge in [-0.1, -0.05) is 12.1 Å². The number of amides is 3. The van der Waals surface area contributed by atoms with Gasteiger partial charge in [0.15, 0.2) is 0 Å². The molecule has 29 heavy (non-hydrogen) atoms. The Morgan fingerprint density at radius 3 is 1.93 bits per heavy atom. The first-order chi connectivity index (χ1) is 13.8. The zero-order valence-electron chi connectivity index (χ0n) is 16.9. The quantitative estimate of drug-likeness (QED) is 0.708. The van der Waals surface area contributed by atoms with E-state index in [1.807, 2.05) is 0 Å². The molecule has 2 rings (SSSR count). The van der Waals surface area contributed by atoms with Gasteiger partial charge in [0.1, 0.15) is 17.5 Å². The number of carbonyl (C=O) groups excluding carboxylic acids is 3. The molecule has 0 unspecified atom stereocenters. The molecule has 0 saturated heterocycles. The second-order valence-corrected chi connectivity index (χ2v) is 6.31. The summed E-state index contributed by atoms with van der Waals surface area (Å²) in [6.45, 7) is 1.12. The van der Waals surface area contributed by atoms with E-state index in [4.69, 9.17) is 9.47 Å². The number of hydrogen-bond acceptors (Lipinski definition) is 5. The van der Waals surface area contributed by atoms with Crippen LogP contribution in [0.25, 0.3) is 0 Å². The van der Waals surface area contributed by atoms with Crippen LogP contribution in [-0.2, 0) is 14.4 Å². The Kier molecular flexibility index (Phi) is 7.59. The van der Waals surface area contributed by atoms with Crippen molar-refractivity contribution in [3.05, 3.63) is 54.1 Å². The summed E-state index contributed by atoms with van der Waals surface area (Å²) < 4.78 is 10.3. The van der Waals surface area contributed by atoms with Gasteiger partial charge < -0.3 is 25.0 Å². The number of carbonyl (C=O) groups is 3. The van der Waals surface area contributed by atoms with Gasteiger partial charge in [0.2, 0.25) is 11.8 Å². The van der Waals surface area contributed by atoms with E-state index in [2.05, 4.69) is 10.6 Å². The smallest absolute Gasteiger partial charge is 0.251 e. The zero-order valence-corrected chi connectivity index (χ0v) is 16.9. The molecule has 0 aromatic heterocycles. The molecular formula is C21H25N3O5. The van der Waals surface area contributed by atoms with E-state index in [0.29, 0.717) is 22.7 Å². The molecule has 3 amide bonds. The molecule has 2 aromatic rings. The summed E-state index contributed by atoms with van der Waals surface area (Å²) in [5.74, 6) is 0.188. The van der Waals surface area contributed by atoms with Crippen LogP contribution >= 0.6 is 0 Å². The standard InChI is InChI=1S/C21H25N3O5/c1-14(25)22-13-19(26)24(2)20(15-5-9-17(28-3)10-6-15)21(27)23-16-7-11-18(29-4)12-8-16/h5-12,20H,13H2,1-4H3,(H,22,25)(H,23,27)/t20-/m0/s1. The molecule has 0 aliphatic carbocycles. The topological polar surface area (TPSA) is 97.0 Å². The van der Waals surface area contributed by atoms with Gasteiger partial charge in [0.05, 0.1) is 20.8 Å². The fourth-order valence-electron chi connectivity index (χ4n) is 2.69. The van der Waals surface area contributed by atoms with Crippen LogP contribution in [0.5, 0.6) is 11.5 Å². The monoisotopic (exact) mass is 399 g/mol. The van der Waals surface area contributed by atoms with Crippen molar-refractivity contribution in [1.82, 2.24) is 10.2 Å². The molecule has 8 heteroatoms. The highest BCUT2D eigenvalue weighted by Gasteiger charge is 2.29. The summed E-state index contributed by atoms with van der Waals surface area (Å²) in [7, 11) is 4.63. The third-order valence-corrected chi connectivity index (χ3v) is 4.31. The highest BCUT2D eigenvalue weighted by Crippen LogP contribution is 2.25. The largest absolute Gasteiger partial charge is 0.497 e. The molecule has 0 radical (unpaired) electrons. The number of ether oxygens (including phenoxy) is 2. The Balaban J connectivity index is 2.27. The summed E-state index contributed by atoms with van der Waals surface area (Å²) in [6, 6.07) is 12.8. The highest BCUT2D eigenvalue weighted by molar-refractivity contribution is 5.98. The fourth-order valence-corrected chi connectivity index (χ4v) is 2.69. The molecule has 0 aliphatic rings. The number of nitrogens with zero attached hydrogens (tertiary/aromatic N) is 1. The van der Waals surface area contributed by atoms with Crippen molar-refractivity contribution < 1.29 is 23.9 Å². The summed E-state index contributed by atoms with van der Waals surface area (Å²) in [5.41, 5.74) is 1.17. The van der Waals surface area contributed by atoms with E-state index in [-0.39, 0.29) is 18.4 Å². The van der Waals surface area contributed by atoms with Gasteiger partial charge in [-0.15, -0.1) is 0 Å². The van der Waals surface area contributed by atoms with Gasteiger partial charge in [-0.2, -0.15) is 0 Å². The van der Waals surface area contributed by atoms with Crippen molar-refractivity contribution in [2.45, 2.75) is 13.0 Å². The Hall–Kier alpha value is -3.55. The lowest BCUT2D eigenvalue weighted by Crippen LogP contribution is -2.43. The molecule has 0 aliphatic heterocycles. The summed E-state index contributed by atoms with van der Waals surface area (Å²) >= 11 is 0. The third-order valence-electron chi connectivity index (χ3n) is 4.31. The first-order valence-corrected chi connectivity index (χ1v) is 8.94. The SMILES string of the molecule is COc1ccc(NC(=O)[C@H](c2ccc(OC)cc2)N(C)C(=O)CNC(C)=O)cc1. The van der Waals surface area contributed by atoms with Crippen LogP contribution in [0.1, 0.15) is 18.5 Å². The normalized spacial score (nSPS) is 11.2. The minimum atomic E-state index is -0.899. The third kappa shape index (κ3) is 5.97. The molecule has 0 bridgehead atoms. The summed E-state index contributed by atoms with van der Waals surface area (Å²) in [6.07, 6.45) is 0. The Morgan fingerprint density at radius 1 is 0.931 bits per heavy atom. The van der Waals surface area contributed by atoms with Crippen molar-refractivity contribution in [2.75, 3.05) is 33.1 Å². The van der Waals surface area contributed by atoms with Crippen LogP contribution in [0.2, 0.25) is 0 Å². The molecule has 8 nitrogen and oxygen atoms in total. The van der Waals surface area contributed by atoms with Crippen LogP contribution in [0, 0.1) is 0 Å². The van der Waals surface area contributed by atoms with Crippen LogP contribution in [0.4, 0.5) is 5.69 Å². The van der Waals surface area contributed by atoms with Gasteiger partial charge >= 0.3 is 0 Å². The molecule has 1 atom stereocenters. The predicted molar refractivity (Wildman–Crippen MR) is 109 cm³/mol. The Labute approximate surface area is 169 Å². The van der Waals surface area contributed by atoms with Crippen molar-refractivity contribution >= 4 is 23.4 Å².